The second kappa shape index (κ2) is 7.00. The Labute approximate surface area is 132 Å². The number of anilines is 1. The van der Waals surface area contributed by atoms with Crippen LogP contribution in [0.3, 0.4) is 0 Å². The van der Waals surface area contributed by atoms with Gasteiger partial charge in [-0.15, -0.1) is 0 Å². The van der Waals surface area contributed by atoms with Gasteiger partial charge >= 0.3 is 0 Å². The van der Waals surface area contributed by atoms with E-state index in [-0.39, 0.29) is 11.4 Å². The number of pyridine rings is 1. The zero-order valence-electron chi connectivity index (χ0n) is 12.6. The molecule has 2 aromatic heterocycles. The van der Waals surface area contributed by atoms with Gasteiger partial charge in [0.15, 0.2) is 0 Å². The fraction of sp³-hybridized carbons (Fsp3) is 0.235. The molecule has 2 heterocycles. The van der Waals surface area contributed by atoms with Crippen molar-refractivity contribution in [2.75, 3.05) is 11.9 Å². The molecule has 0 radical (unpaired) electrons. The molecule has 3 rings (SSSR count). The highest BCUT2D eigenvalue weighted by atomic mass is 19.1. The maximum Gasteiger partial charge on any atom is 0.250 e. The summed E-state index contributed by atoms with van der Waals surface area (Å²) in [7, 11) is 0. The highest BCUT2D eigenvalue weighted by Gasteiger charge is 2.06. The minimum Gasteiger partial charge on any atom is -0.369 e. The summed E-state index contributed by atoms with van der Waals surface area (Å²) in [4.78, 5) is 19.7. The van der Waals surface area contributed by atoms with E-state index >= 15 is 0 Å². The number of nitrogens with zero attached hydrogens (tertiary/aromatic N) is 3. The molecule has 0 saturated heterocycles. The Morgan fingerprint density at radius 1 is 1.09 bits per heavy atom. The molecule has 23 heavy (non-hydrogen) atoms. The fourth-order valence-corrected chi connectivity index (χ4v) is 2.45. The summed E-state index contributed by atoms with van der Waals surface area (Å²) in [5.74, 6) is 0.280. The molecule has 0 aliphatic carbocycles. The molecular weight excluding hydrogens is 295 g/mol. The van der Waals surface area contributed by atoms with Gasteiger partial charge in [0.2, 0.25) is 5.56 Å². The maximum atomic E-state index is 13.7. The zero-order chi connectivity index (χ0) is 16.1. The number of nitrogens with one attached hydrogen (secondary N) is 1. The number of para-hydroxylation sites is 1. The van der Waals surface area contributed by atoms with Crippen molar-refractivity contribution < 1.29 is 4.39 Å². The van der Waals surface area contributed by atoms with E-state index in [9.17, 15) is 9.18 Å². The van der Waals surface area contributed by atoms with E-state index in [4.69, 9.17) is 0 Å². The summed E-state index contributed by atoms with van der Waals surface area (Å²) < 4.78 is 15.4. The third-order valence-electron chi connectivity index (χ3n) is 3.63. The van der Waals surface area contributed by atoms with Crippen molar-refractivity contribution in [2.45, 2.75) is 19.4 Å². The largest absolute Gasteiger partial charge is 0.369 e. The normalized spacial score (nSPS) is 10.8. The van der Waals surface area contributed by atoms with Crippen molar-refractivity contribution in [2.24, 2.45) is 0 Å². The number of benzene rings is 1. The maximum absolute atomic E-state index is 13.7. The first-order chi connectivity index (χ1) is 11.3. The van der Waals surface area contributed by atoms with E-state index in [0.29, 0.717) is 29.8 Å². The lowest BCUT2D eigenvalue weighted by Gasteiger charge is -2.09. The lowest BCUT2D eigenvalue weighted by molar-refractivity contribution is 0.604. The van der Waals surface area contributed by atoms with E-state index in [1.807, 2.05) is 6.07 Å². The van der Waals surface area contributed by atoms with Gasteiger partial charge in [-0.25, -0.2) is 14.4 Å². The van der Waals surface area contributed by atoms with Crippen molar-refractivity contribution in [1.29, 1.82) is 0 Å². The average Bonchev–Trinajstić information content (AvgIpc) is 2.57. The van der Waals surface area contributed by atoms with Gasteiger partial charge in [0.1, 0.15) is 23.5 Å². The van der Waals surface area contributed by atoms with Crippen LogP contribution >= 0.6 is 0 Å². The third-order valence-corrected chi connectivity index (χ3v) is 3.63. The highest BCUT2D eigenvalue weighted by molar-refractivity contribution is 5.89. The van der Waals surface area contributed by atoms with Gasteiger partial charge in [0.25, 0.3) is 0 Å². The van der Waals surface area contributed by atoms with Crippen molar-refractivity contribution in [3.63, 3.8) is 0 Å². The van der Waals surface area contributed by atoms with Crippen LogP contribution in [0.15, 0.2) is 53.7 Å². The van der Waals surface area contributed by atoms with Crippen molar-refractivity contribution in [1.82, 2.24) is 14.5 Å². The summed E-state index contributed by atoms with van der Waals surface area (Å²) in [6.07, 6.45) is 4.89. The Bertz CT molecular complexity index is 862. The second-order valence-corrected chi connectivity index (χ2v) is 5.22. The number of hydrogen-bond donors (Lipinski definition) is 1. The molecule has 118 valence electrons. The average molecular weight is 312 g/mol. The van der Waals surface area contributed by atoms with E-state index in [0.717, 1.165) is 12.8 Å². The molecule has 0 unspecified atom stereocenters. The van der Waals surface area contributed by atoms with Crippen LogP contribution in [0.2, 0.25) is 0 Å². The van der Waals surface area contributed by atoms with E-state index in [2.05, 4.69) is 15.3 Å². The number of unbranched alkanes of at least 4 members (excludes halogenated alkanes) is 1. The molecule has 5 nitrogen and oxygen atoms in total. The van der Waals surface area contributed by atoms with Crippen LogP contribution < -0.4 is 10.9 Å². The lowest BCUT2D eigenvalue weighted by Crippen LogP contribution is -2.18. The number of rotatable bonds is 6. The zero-order valence-corrected chi connectivity index (χ0v) is 12.6. The minimum absolute atomic E-state index is 0.0118. The van der Waals surface area contributed by atoms with Crippen LogP contribution in [0.4, 0.5) is 10.2 Å². The first-order valence-corrected chi connectivity index (χ1v) is 7.54. The highest BCUT2D eigenvalue weighted by Crippen LogP contribution is 2.21. The van der Waals surface area contributed by atoms with Crippen LogP contribution in [0, 0.1) is 5.82 Å². The predicted octanol–water partition coefficient (Wildman–Crippen LogP) is 2.82. The summed E-state index contributed by atoms with van der Waals surface area (Å²) in [5, 5.41) is 3.88. The third kappa shape index (κ3) is 3.53. The molecule has 6 heteroatoms. The first kappa shape index (κ1) is 15.1. The number of hydrogen-bond acceptors (Lipinski definition) is 4. The lowest BCUT2D eigenvalue weighted by atomic mass is 10.2. The van der Waals surface area contributed by atoms with Crippen LogP contribution in [-0.2, 0) is 6.54 Å². The van der Waals surface area contributed by atoms with Crippen molar-refractivity contribution in [3.8, 4) is 0 Å². The second-order valence-electron chi connectivity index (χ2n) is 5.22. The van der Waals surface area contributed by atoms with Gasteiger partial charge in [0, 0.05) is 30.7 Å². The van der Waals surface area contributed by atoms with Crippen molar-refractivity contribution >= 4 is 16.7 Å². The topological polar surface area (TPSA) is 59.8 Å². The SMILES string of the molecule is O=c1ccccn1CCCCNc1ncnc2c(F)cccc12. The van der Waals surface area contributed by atoms with Gasteiger partial charge in [-0.3, -0.25) is 4.79 Å². The van der Waals surface area contributed by atoms with E-state index in [1.54, 1.807) is 35.0 Å². The molecule has 0 saturated carbocycles. The molecule has 1 N–H and O–H groups in total. The molecule has 0 aliphatic heterocycles. The summed E-state index contributed by atoms with van der Waals surface area (Å²) in [6, 6.07) is 9.97. The van der Waals surface area contributed by atoms with Crippen LogP contribution in [0.5, 0.6) is 0 Å². The Hall–Kier alpha value is -2.76. The Kier molecular flexibility index (Phi) is 4.61. The quantitative estimate of drug-likeness (QED) is 0.711. The van der Waals surface area contributed by atoms with Crippen LogP contribution in [0.1, 0.15) is 12.8 Å². The Balaban J connectivity index is 1.56. The van der Waals surface area contributed by atoms with Crippen LogP contribution in [0.25, 0.3) is 10.9 Å². The standard InChI is InChI=1S/C17H17FN4O/c18-14-7-5-6-13-16(14)20-12-21-17(13)19-9-2-4-11-22-10-3-1-8-15(22)23/h1,3,5-8,10,12H,2,4,9,11H2,(H,19,20,21). The minimum atomic E-state index is -0.351. The molecule has 0 aliphatic rings. The Morgan fingerprint density at radius 3 is 2.87 bits per heavy atom. The number of fused-ring (bicyclic) bond motifs is 1. The molecular formula is C17H17FN4O. The summed E-state index contributed by atoms with van der Waals surface area (Å²) in [5.41, 5.74) is 0.332. The molecule has 0 fully saturated rings. The first-order valence-electron chi connectivity index (χ1n) is 7.54. The molecule has 1 aromatic carbocycles. The van der Waals surface area contributed by atoms with Gasteiger partial charge in [-0.05, 0) is 31.0 Å². The van der Waals surface area contributed by atoms with Crippen molar-refractivity contribution in [3.05, 3.63) is 65.1 Å². The van der Waals surface area contributed by atoms with Gasteiger partial charge < -0.3 is 9.88 Å². The predicted molar refractivity (Wildman–Crippen MR) is 87.9 cm³/mol. The smallest absolute Gasteiger partial charge is 0.250 e. The fourth-order valence-electron chi connectivity index (χ4n) is 2.45. The van der Waals surface area contributed by atoms with E-state index in [1.165, 1.54) is 12.4 Å². The number of halogens is 1. The van der Waals surface area contributed by atoms with Gasteiger partial charge in [0.05, 0.1) is 0 Å². The molecule has 0 atom stereocenters. The number of aromatic nitrogens is 3. The molecule has 0 bridgehead atoms. The molecule has 3 aromatic rings. The monoisotopic (exact) mass is 312 g/mol. The van der Waals surface area contributed by atoms with E-state index < -0.39 is 0 Å². The molecule has 0 spiro atoms. The summed E-state index contributed by atoms with van der Waals surface area (Å²) >= 11 is 0. The summed E-state index contributed by atoms with van der Waals surface area (Å²) in [6.45, 7) is 1.38. The number of aryl methyl sites for hydroxylation is 1. The molecule has 0 amide bonds. The van der Waals surface area contributed by atoms with Crippen LogP contribution in [-0.4, -0.2) is 21.1 Å². The Morgan fingerprint density at radius 2 is 2.00 bits per heavy atom. The van der Waals surface area contributed by atoms with Gasteiger partial charge in [-0.2, -0.15) is 0 Å². The van der Waals surface area contributed by atoms with Gasteiger partial charge in [-0.1, -0.05) is 12.1 Å².